The Morgan fingerprint density at radius 3 is 1.84 bits per heavy atom. The number of sulfone groups is 1. The van der Waals surface area contributed by atoms with Gasteiger partial charge >= 0.3 is 0 Å². The highest BCUT2D eigenvalue weighted by Gasteiger charge is 2.42. The average molecular weight is 463 g/mol. The topological polar surface area (TPSA) is 91.8 Å². The van der Waals surface area contributed by atoms with Crippen molar-refractivity contribution in [2.45, 2.75) is 17.6 Å². The molecule has 0 aromatic heterocycles. The molecule has 1 amide bonds. The first kappa shape index (κ1) is 22.0. The van der Waals surface area contributed by atoms with Crippen LogP contribution < -0.4 is 0 Å². The van der Waals surface area contributed by atoms with Crippen LogP contribution >= 0.6 is 0 Å². The predicted molar refractivity (Wildman–Crippen MR) is 119 cm³/mol. The molecule has 0 spiro atoms. The van der Waals surface area contributed by atoms with Crippen LogP contribution in [0.25, 0.3) is 0 Å². The predicted octanol–water partition coefficient (Wildman–Crippen LogP) is 1.48. The first-order valence-corrected chi connectivity index (χ1v) is 13.7. The van der Waals surface area contributed by atoms with Gasteiger partial charge in [0.25, 0.3) is 0 Å². The van der Waals surface area contributed by atoms with Crippen LogP contribution in [-0.4, -0.2) is 74.9 Å². The van der Waals surface area contributed by atoms with Gasteiger partial charge in [-0.3, -0.25) is 4.79 Å². The summed E-state index contributed by atoms with van der Waals surface area (Å²) in [7, 11) is -6.97. The van der Waals surface area contributed by atoms with E-state index in [4.69, 9.17) is 0 Å². The Bertz CT molecular complexity index is 1090. The highest BCUT2D eigenvalue weighted by atomic mass is 32.2. The molecule has 0 radical (unpaired) electrons. The van der Waals surface area contributed by atoms with Crippen molar-refractivity contribution in [3.8, 4) is 0 Å². The second kappa shape index (κ2) is 8.72. The molecular weight excluding hydrogens is 436 g/mol. The molecule has 2 aliphatic rings. The molecule has 0 aliphatic carbocycles. The van der Waals surface area contributed by atoms with E-state index >= 15 is 0 Å². The van der Waals surface area contributed by atoms with Gasteiger partial charge in [-0.15, -0.1) is 0 Å². The number of piperazine rings is 1. The van der Waals surface area contributed by atoms with Gasteiger partial charge in [-0.1, -0.05) is 60.7 Å². The summed E-state index contributed by atoms with van der Waals surface area (Å²) in [6.45, 7) is 0.934. The van der Waals surface area contributed by atoms with Gasteiger partial charge in [-0.25, -0.2) is 16.8 Å². The quantitative estimate of drug-likeness (QED) is 0.671. The average Bonchev–Trinajstić information content (AvgIpc) is 3.16. The molecule has 2 heterocycles. The van der Waals surface area contributed by atoms with E-state index in [0.29, 0.717) is 0 Å². The number of carbonyl (C=O) groups excluding carboxylic acids is 1. The molecule has 2 aliphatic heterocycles. The summed E-state index contributed by atoms with van der Waals surface area (Å²) in [5.74, 6) is -0.896. The summed E-state index contributed by atoms with van der Waals surface area (Å²) in [6, 6.07) is 19.1. The minimum atomic E-state index is -3.69. The first-order valence-electron chi connectivity index (χ1n) is 10.4. The number of hydrogen-bond donors (Lipinski definition) is 0. The second-order valence-corrected chi connectivity index (χ2v) is 12.5. The van der Waals surface area contributed by atoms with Crippen molar-refractivity contribution in [2.24, 2.45) is 0 Å². The van der Waals surface area contributed by atoms with E-state index in [-0.39, 0.29) is 50.0 Å². The molecule has 9 heteroatoms. The summed E-state index contributed by atoms with van der Waals surface area (Å²) < 4.78 is 50.6. The summed E-state index contributed by atoms with van der Waals surface area (Å²) in [5, 5.41) is -0.874. The van der Waals surface area contributed by atoms with E-state index in [1.807, 2.05) is 60.7 Å². The van der Waals surface area contributed by atoms with Crippen molar-refractivity contribution in [3.05, 3.63) is 71.8 Å². The molecule has 0 bridgehead atoms. The Hall–Kier alpha value is -2.23. The van der Waals surface area contributed by atoms with Gasteiger partial charge in [0.15, 0.2) is 9.84 Å². The molecule has 166 valence electrons. The molecule has 1 atom stereocenters. The van der Waals surface area contributed by atoms with E-state index in [1.165, 1.54) is 4.31 Å². The molecule has 7 nitrogen and oxygen atoms in total. The molecule has 1 unspecified atom stereocenters. The van der Waals surface area contributed by atoms with Crippen LogP contribution in [0.15, 0.2) is 60.7 Å². The van der Waals surface area contributed by atoms with Gasteiger partial charge in [0.1, 0.15) is 0 Å². The first-order chi connectivity index (χ1) is 14.8. The van der Waals surface area contributed by atoms with E-state index in [0.717, 1.165) is 11.1 Å². The molecule has 0 N–H and O–H groups in total. The fraction of sp³-hybridized carbons (Fsp3) is 0.409. The van der Waals surface area contributed by atoms with Gasteiger partial charge in [0, 0.05) is 26.2 Å². The Morgan fingerprint density at radius 1 is 0.871 bits per heavy atom. The summed E-state index contributed by atoms with van der Waals surface area (Å²) in [5.41, 5.74) is 1.79. The van der Waals surface area contributed by atoms with Crippen LogP contribution in [0.5, 0.6) is 0 Å². The lowest BCUT2D eigenvalue weighted by molar-refractivity contribution is -0.133. The molecule has 2 saturated heterocycles. The van der Waals surface area contributed by atoms with Crippen molar-refractivity contribution < 1.29 is 21.6 Å². The highest BCUT2D eigenvalue weighted by Crippen LogP contribution is 2.28. The van der Waals surface area contributed by atoms with Crippen molar-refractivity contribution in [3.63, 3.8) is 0 Å². The fourth-order valence-corrected chi connectivity index (χ4v) is 8.83. The lowest BCUT2D eigenvalue weighted by Crippen LogP contribution is -2.53. The number of benzene rings is 2. The molecular formula is C22H26N2O5S2. The smallest absolute Gasteiger partial charge is 0.234 e. The zero-order valence-corrected chi connectivity index (χ0v) is 18.8. The summed E-state index contributed by atoms with van der Waals surface area (Å²) >= 11 is 0. The maximum atomic E-state index is 13.5. The zero-order chi connectivity index (χ0) is 22.1. The largest absolute Gasteiger partial charge is 0.339 e. The summed E-state index contributed by atoms with van der Waals surface area (Å²) in [6.07, 6.45) is 0.147. The fourth-order valence-electron chi connectivity index (χ4n) is 4.32. The number of amides is 1. The molecule has 2 aromatic rings. The Labute approximate surface area is 183 Å². The summed E-state index contributed by atoms with van der Waals surface area (Å²) in [4.78, 5) is 15.2. The number of sulfonamides is 1. The van der Waals surface area contributed by atoms with E-state index < -0.39 is 31.0 Å². The van der Waals surface area contributed by atoms with Crippen molar-refractivity contribution in [1.29, 1.82) is 0 Å². The zero-order valence-electron chi connectivity index (χ0n) is 17.1. The van der Waals surface area contributed by atoms with Crippen LogP contribution in [0.4, 0.5) is 0 Å². The van der Waals surface area contributed by atoms with Crippen molar-refractivity contribution in [2.75, 3.05) is 37.7 Å². The van der Waals surface area contributed by atoms with Crippen LogP contribution in [0.2, 0.25) is 0 Å². The van der Waals surface area contributed by atoms with Crippen LogP contribution in [0.3, 0.4) is 0 Å². The normalized spacial score (nSPS) is 22.0. The SMILES string of the molecule is O=C(C(c1ccccc1)c1ccccc1)N1CCN(S(=O)(=O)C2CCS(=O)(=O)C2)CC1. The maximum absolute atomic E-state index is 13.5. The number of nitrogens with zero attached hydrogens (tertiary/aromatic N) is 2. The highest BCUT2D eigenvalue weighted by molar-refractivity contribution is 7.95. The van der Waals surface area contributed by atoms with Gasteiger partial charge in [-0.05, 0) is 17.5 Å². The maximum Gasteiger partial charge on any atom is 0.234 e. The second-order valence-electron chi connectivity index (χ2n) is 8.05. The monoisotopic (exact) mass is 462 g/mol. The van der Waals surface area contributed by atoms with Crippen LogP contribution in [0, 0.1) is 0 Å². The van der Waals surface area contributed by atoms with Crippen molar-refractivity contribution >= 4 is 25.8 Å². The van der Waals surface area contributed by atoms with Gasteiger partial charge in [-0.2, -0.15) is 4.31 Å². The van der Waals surface area contributed by atoms with Crippen LogP contribution in [0.1, 0.15) is 23.5 Å². The Morgan fingerprint density at radius 2 is 1.39 bits per heavy atom. The lowest BCUT2D eigenvalue weighted by atomic mass is 9.90. The molecule has 31 heavy (non-hydrogen) atoms. The number of carbonyl (C=O) groups is 1. The third-order valence-electron chi connectivity index (χ3n) is 6.03. The Balaban J connectivity index is 1.49. The standard InChI is InChI=1S/C22H26N2O5S2/c25-22(21(18-7-3-1-4-8-18)19-9-5-2-6-10-19)23-12-14-24(15-13-23)31(28,29)20-11-16-30(26,27)17-20/h1-10,20-21H,11-17H2. The minimum Gasteiger partial charge on any atom is -0.339 e. The van der Waals surface area contributed by atoms with Gasteiger partial charge < -0.3 is 4.90 Å². The molecule has 0 saturated carbocycles. The molecule has 2 fully saturated rings. The molecule has 4 rings (SSSR count). The number of rotatable bonds is 5. The Kier molecular flexibility index (Phi) is 6.18. The third kappa shape index (κ3) is 4.68. The van der Waals surface area contributed by atoms with E-state index in [2.05, 4.69) is 0 Å². The van der Waals surface area contributed by atoms with Crippen molar-refractivity contribution in [1.82, 2.24) is 9.21 Å². The van der Waals surface area contributed by atoms with Gasteiger partial charge in [0.2, 0.25) is 15.9 Å². The van der Waals surface area contributed by atoms with Crippen LogP contribution in [-0.2, 0) is 24.7 Å². The van der Waals surface area contributed by atoms with Gasteiger partial charge in [0.05, 0.1) is 22.7 Å². The number of hydrogen-bond acceptors (Lipinski definition) is 5. The van der Waals surface area contributed by atoms with E-state index in [1.54, 1.807) is 4.90 Å². The third-order valence-corrected chi connectivity index (χ3v) is 10.3. The minimum absolute atomic E-state index is 0.0575. The lowest BCUT2D eigenvalue weighted by Gasteiger charge is -2.37. The molecule has 2 aromatic carbocycles. The van der Waals surface area contributed by atoms with E-state index in [9.17, 15) is 21.6 Å².